The highest BCUT2D eigenvalue weighted by Crippen LogP contribution is 2.13. The largest absolute Gasteiger partial charge is 0.389 e. The van der Waals surface area contributed by atoms with Crippen LogP contribution < -0.4 is 0 Å². The summed E-state index contributed by atoms with van der Waals surface area (Å²) >= 11 is 0. The number of carbonyl (C=O) groups excluding carboxylic acids is 2. The number of hydrogen-bond donors (Lipinski definition) is 0. The van der Waals surface area contributed by atoms with E-state index >= 15 is 0 Å². The molecule has 0 radical (unpaired) electrons. The molecule has 1 fully saturated rings. The zero-order valence-corrected chi connectivity index (χ0v) is 6.16. The molecule has 0 aliphatic carbocycles. The maximum atomic E-state index is 10.7. The third kappa shape index (κ3) is 1.77. The predicted molar refractivity (Wildman–Crippen MR) is 38.6 cm³/mol. The molecular weight excluding hydrogens is 144 g/mol. The summed E-state index contributed by atoms with van der Waals surface area (Å²) in [4.78, 5) is 21.3. The number of ether oxygens (including phenoxy) is 1. The first kappa shape index (κ1) is 7.72. The van der Waals surface area contributed by atoms with E-state index in [4.69, 9.17) is 0 Å². The van der Waals surface area contributed by atoms with E-state index in [2.05, 4.69) is 4.74 Å². The molecule has 0 unspecified atom stereocenters. The normalized spacial score (nSPS) is 21.7. The van der Waals surface area contributed by atoms with Crippen molar-refractivity contribution in [2.24, 2.45) is 0 Å². The topological polar surface area (TPSA) is 43.4 Å². The number of carbonyl (C=O) groups is 2. The molecule has 3 nitrogen and oxygen atoms in total. The summed E-state index contributed by atoms with van der Waals surface area (Å²) in [5.74, 6) is -0.987. The maximum absolute atomic E-state index is 10.7. The lowest BCUT2D eigenvalue weighted by atomic mass is 10.2. The van der Waals surface area contributed by atoms with Gasteiger partial charge in [0.05, 0.1) is 6.42 Å². The Balaban J connectivity index is 2.74. The Hall–Kier alpha value is -1.38. The molecule has 0 atom stereocenters. The van der Waals surface area contributed by atoms with E-state index in [0.717, 1.165) is 0 Å². The standard InChI is InChI=1S/C8H8O3/c1-2-3-4-6-5-7(9)11-8(6)10/h2-4H,5H2,1H3. The van der Waals surface area contributed by atoms with Gasteiger partial charge in [-0.05, 0) is 6.92 Å². The predicted octanol–water partition coefficient (Wildman–Crippen LogP) is 0.962. The van der Waals surface area contributed by atoms with Crippen LogP contribution >= 0.6 is 0 Å². The SMILES string of the molecule is CC=CC=C1CC(=O)OC1=O. The molecule has 1 aliphatic heterocycles. The van der Waals surface area contributed by atoms with Gasteiger partial charge in [0.2, 0.25) is 0 Å². The maximum Gasteiger partial charge on any atom is 0.342 e. The zero-order valence-electron chi connectivity index (χ0n) is 6.16. The van der Waals surface area contributed by atoms with E-state index < -0.39 is 11.9 Å². The summed E-state index contributed by atoms with van der Waals surface area (Å²) in [6.07, 6.45) is 5.18. The van der Waals surface area contributed by atoms with Gasteiger partial charge in [-0.2, -0.15) is 0 Å². The molecule has 0 aromatic carbocycles. The van der Waals surface area contributed by atoms with E-state index in [1.807, 2.05) is 6.92 Å². The minimum absolute atomic E-state index is 0.100. The molecule has 0 bridgehead atoms. The number of allylic oxidation sites excluding steroid dienone is 3. The quantitative estimate of drug-likeness (QED) is 0.319. The van der Waals surface area contributed by atoms with Crippen LogP contribution in [0.3, 0.4) is 0 Å². The molecule has 3 heteroatoms. The molecule has 1 rings (SSSR count). The van der Waals surface area contributed by atoms with Crippen LogP contribution in [0.4, 0.5) is 0 Å². The van der Waals surface area contributed by atoms with Gasteiger partial charge in [0.25, 0.3) is 0 Å². The number of esters is 2. The number of rotatable bonds is 1. The summed E-state index contributed by atoms with van der Waals surface area (Å²) in [6.45, 7) is 1.83. The van der Waals surface area contributed by atoms with Crippen molar-refractivity contribution in [2.75, 3.05) is 0 Å². The van der Waals surface area contributed by atoms with E-state index in [-0.39, 0.29) is 6.42 Å². The Bertz CT molecular complexity index is 248. The van der Waals surface area contributed by atoms with Crippen LogP contribution in [0.15, 0.2) is 23.8 Å². The highest BCUT2D eigenvalue weighted by molar-refractivity contribution is 6.05. The van der Waals surface area contributed by atoms with E-state index in [1.165, 1.54) is 0 Å². The molecule has 1 heterocycles. The van der Waals surface area contributed by atoms with Gasteiger partial charge in [0.15, 0.2) is 0 Å². The molecule has 11 heavy (non-hydrogen) atoms. The first-order valence-corrected chi connectivity index (χ1v) is 3.31. The van der Waals surface area contributed by atoms with Gasteiger partial charge in [-0.25, -0.2) is 4.79 Å². The Morgan fingerprint density at radius 1 is 1.45 bits per heavy atom. The van der Waals surface area contributed by atoms with Crippen molar-refractivity contribution < 1.29 is 14.3 Å². The van der Waals surface area contributed by atoms with Gasteiger partial charge < -0.3 is 4.74 Å². The lowest BCUT2D eigenvalue weighted by Gasteiger charge is -1.83. The minimum Gasteiger partial charge on any atom is -0.389 e. The first-order valence-electron chi connectivity index (χ1n) is 3.31. The minimum atomic E-state index is -0.520. The third-order valence-corrected chi connectivity index (χ3v) is 1.29. The van der Waals surface area contributed by atoms with Crippen LogP contribution in [-0.4, -0.2) is 11.9 Å². The number of hydrogen-bond acceptors (Lipinski definition) is 3. The average molecular weight is 152 g/mol. The van der Waals surface area contributed by atoms with E-state index in [0.29, 0.717) is 5.57 Å². The van der Waals surface area contributed by atoms with Crippen LogP contribution in [0.2, 0.25) is 0 Å². The lowest BCUT2D eigenvalue weighted by Crippen LogP contribution is -1.96. The van der Waals surface area contributed by atoms with Crippen LogP contribution in [0, 0.1) is 0 Å². The van der Waals surface area contributed by atoms with E-state index in [9.17, 15) is 9.59 Å². The molecule has 58 valence electrons. The summed E-state index contributed by atoms with van der Waals surface area (Å²) in [7, 11) is 0. The fourth-order valence-corrected chi connectivity index (χ4v) is 0.772. The van der Waals surface area contributed by atoms with Crippen molar-refractivity contribution in [1.82, 2.24) is 0 Å². The van der Waals surface area contributed by atoms with Gasteiger partial charge >= 0.3 is 11.9 Å². The fraction of sp³-hybridized carbons (Fsp3) is 0.250. The molecular formula is C8H8O3. The zero-order chi connectivity index (χ0) is 8.27. The Morgan fingerprint density at radius 3 is 2.64 bits per heavy atom. The molecule has 0 N–H and O–H groups in total. The monoisotopic (exact) mass is 152 g/mol. The van der Waals surface area contributed by atoms with Gasteiger partial charge in [-0.3, -0.25) is 4.79 Å². The van der Waals surface area contributed by atoms with Crippen LogP contribution in [0.25, 0.3) is 0 Å². The van der Waals surface area contributed by atoms with Crippen molar-refractivity contribution in [1.29, 1.82) is 0 Å². The van der Waals surface area contributed by atoms with Crippen molar-refractivity contribution in [3.8, 4) is 0 Å². The molecule has 0 spiro atoms. The second-order valence-electron chi connectivity index (χ2n) is 2.16. The average Bonchev–Trinajstić information content (AvgIpc) is 2.26. The van der Waals surface area contributed by atoms with Crippen LogP contribution in [0.5, 0.6) is 0 Å². The highest BCUT2D eigenvalue weighted by atomic mass is 16.6. The van der Waals surface area contributed by atoms with Crippen molar-refractivity contribution >= 4 is 11.9 Å². The molecule has 1 saturated heterocycles. The summed E-state index contributed by atoms with van der Waals surface area (Å²) < 4.78 is 4.29. The van der Waals surface area contributed by atoms with Gasteiger partial charge in [0.1, 0.15) is 0 Å². The fourth-order valence-electron chi connectivity index (χ4n) is 0.772. The van der Waals surface area contributed by atoms with Crippen LogP contribution in [-0.2, 0) is 14.3 Å². The first-order chi connectivity index (χ1) is 5.24. The summed E-state index contributed by atoms with van der Waals surface area (Å²) in [5.41, 5.74) is 0.424. The van der Waals surface area contributed by atoms with Gasteiger partial charge in [-0.15, -0.1) is 0 Å². The molecule has 0 aromatic rings. The Kier molecular flexibility index (Phi) is 2.21. The summed E-state index contributed by atoms with van der Waals surface area (Å²) in [5, 5.41) is 0. The molecule has 1 aliphatic rings. The second-order valence-corrected chi connectivity index (χ2v) is 2.16. The third-order valence-electron chi connectivity index (χ3n) is 1.29. The lowest BCUT2D eigenvalue weighted by molar-refractivity contribution is -0.151. The van der Waals surface area contributed by atoms with Gasteiger partial charge in [-0.1, -0.05) is 18.2 Å². The van der Waals surface area contributed by atoms with Crippen LogP contribution in [0.1, 0.15) is 13.3 Å². The van der Waals surface area contributed by atoms with Crippen molar-refractivity contribution in [2.45, 2.75) is 13.3 Å². The second kappa shape index (κ2) is 3.14. The Labute approximate surface area is 64.3 Å². The summed E-state index contributed by atoms with van der Waals surface area (Å²) in [6, 6.07) is 0. The van der Waals surface area contributed by atoms with Gasteiger partial charge in [0, 0.05) is 5.57 Å². The van der Waals surface area contributed by atoms with Crippen molar-refractivity contribution in [3.05, 3.63) is 23.8 Å². The highest BCUT2D eigenvalue weighted by Gasteiger charge is 2.25. The Morgan fingerprint density at radius 2 is 2.18 bits per heavy atom. The molecule has 0 aromatic heterocycles. The van der Waals surface area contributed by atoms with Crippen molar-refractivity contribution in [3.63, 3.8) is 0 Å². The molecule has 0 saturated carbocycles. The molecule has 0 amide bonds. The van der Waals surface area contributed by atoms with E-state index in [1.54, 1.807) is 18.2 Å². The smallest absolute Gasteiger partial charge is 0.342 e. The number of cyclic esters (lactones) is 2.